The van der Waals surface area contributed by atoms with Gasteiger partial charge in [-0.1, -0.05) is 6.92 Å². The van der Waals surface area contributed by atoms with Crippen molar-refractivity contribution in [3.8, 4) is 0 Å². The minimum atomic E-state index is 0.0358. The molecule has 0 spiro atoms. The fourth-order valence-electron chi connectivity index (χ4n) is 1.45. The van der Waals surface area contributed by atoms with Gasteiger partial charge in [-0.05, 0) is 20.3 Å². The number of aliphatic hydroxyl groups excluding tert-OH is 1. The molecule has 0 saturated carbocycles. The van der Waals surface area contributed by atoms with Crippen LogP contribution in [0, 0.1) is 6.92 Å². The molecule has 86 valence electrons. The predicted octanol–water partition coefficient (Wildman–Crippen LogP) is 0.976. The van der Waals surface area contributed by atoms with Crippen LogP contribution in [0.3, 0.4) is 0 Å². The van der Waals surface area contributed by atoms with Crippen molar-refractivity contribution < 1.29 is 5.11 Å². The molecule has 1 aromatic rings. The SMILES string of the molecule is CCC(CO)Nc1c(N)c(C)nn1CC. The lowest BCUT2D eigenvalue weighted by Crippen LogP contribution is -2.24. The minimum Gasteiger partial charge on any atom is -0.394 e. The van der Waals surface area contributed by atoms with Gasteiger partial charge in [0.05, 0.1) is 24.0 Å². The summed E-state index contributed by atoms with van der Waals surface area (Å²) >= 11 is 0. The summed E-state index contributed by atoms with van der Waals surface area (Å²) in [5, 5.41) is 16.6. The van der Waals surface area contributed by atoms with E-state index in [-0.39, 0.29) is 12.6 Å². The number of anilines is 2. The van der Waals surface area contributed by atoms with Crippen LogP contribution in [-0.2, 0) is 6.54 Å². The molecule has 15 heavy (non-hydrogen) atoms. The smallest absolute Gasteiger partial charge is 0.148 e. The molecule has 0 aromatic carbocycles. The van der Waals surface area contributed by atoms with Gasteiger partial charge in [-0.2, -0.15) is 5.10 Å². The van der Waals surface area contributed by atoms with Crippen LogP contribution in [0.2, 0.25) is 0 Å². The van der Waals surface area contributed by atoms with Gasteiger partial charge >= 0.3 is 0 Å². The van der Waals surface area contributed by atoms with Crippen molar-refractivity contribution in [3.05, 3.63) is 5.69 Å². The topological polar surface area (TPSA) is 76.1 Å². The molecule has 0 bridgehead atoms. The minimum absolute atomic E-state index is 0.0358. The fourth-order valence-corrected chi connectivity index (χ4v) is 1.45. The van der Waals surface area contributed by atoms with Crippen molar-refractivity contribution >= 4 is 11.5 Å². The Balaban J connectivity index is 2.91. The van der Waals surface area contributed by atoms with Crippen LogP contribution >= 0.6 is 0 Å². The summed E-state index contributed by atoms with van der Waals surface area (Å²) in [7, 11) is 0. The highest BCUT2D eigenvalue weighted by atomic mass is 16.3. The van der Waals surface area contributed by atoms with Crippen molar-refractivity contribution in [1.29, 1.82) is 0 Å². The number of nitrogen functional groups attached to an aromatic ring is 1. The lowest BCUT2D eigenvalue weighted by molar-refractivity contribution is 0.271. The summed E-state index contributed by atoms with van der Waals surface area (Å²) in [5.74, 6) is 0.816. The molecular weight excluding hydrogens is 192 g/mol. The van der Waals surface area contributed by atoms with E-state index in [9.17, 15) is 0 Å². The molecule has 0 fully saturated rings. The van der Waals surface area contributed by atoms with Gasteiger partial charge < -0.3 is 16.2 Å². The van der Waals surface area contributed by atoms with Crippen molar-refractivity contribution in [2.45, 2.75) is 39.8 Å². The Morgan fingerprint density at radius 1 is 1.53 bits per heavy atom. The maximum Gasteiger partial charge on any atom is 0.148 e. The van der Waals surface area contributed by atoms with Gasteiger partial charge in [0, 0.05) is 6.54 Å². The van der Waals surface area contributed by atoms with Gasteiger partial charge in [0.25, 0.3) is 0 Å². The molecule has 5 nitrogen and oxygen atoms in total. The van der Waals surface area contributed by atoms with E-state index in [1.165, 1.54) is 0 Å². The van der Waals surface area contributed by atoms with E-state index in [1.54, 1.807) is 0 Å². The second kappa shape index (κ2) is 5.02. The van der Waals surface area contributed by atoms with Crippen LogP contribution in [0.1, 0.15) is 26.0 Å². The van der Waals surface area contributed by atoms with E-state index in [4.69, 9.17) is 10.8 Å². The Morgan fingerprint density at radius 2 is 2.20 bits per heavy atom. The third-order valence-corrected chi connectivity index (χ3v) is 2.53. The zero-order valence-corrected chi connectivity index (χ0v) is 9.62. The second-order valence-corrected chi connectivity index (χ2v) is 3.60. The zero-order valence-electron chi connectivity index (χ0n) is 9.62. The standard InChI is InChI=1S/C10H20N4O/c1-4-8(6-15)12-10-9(11)7(3)13-14(10)5-2/h8,12,15H,4-6,11H2,1-3H3. The first-order valence-corrected chi connectivity index (χ1v) is 5.34. The highest BCUT2D eigenvalue weighted by molar-refractivity contribution is 5.65. The molecule has 0 aliphatic heterocycles. The first kappa shape index (κ1) is 11.8. The number of nitrogens with zero attached hydrogens (tertiary/aromatic N) is 2. The van der Waals surface area contributed by atoms with Crippen molar-refractivity contribution in [3.63, 3.8) is 0 Å². The van der Waals surface area contributed by atoms with Gasteiger partial charge in [-0.3, -0.25) is 0 Å². The van der Waals surface area contributed by atoms with Gasteiger partial charge in [0.1, 0.15) is 5.82 Å². The molecule has 1 heterocycles. The molecule has 0 amide bonds. The molecule has 4 N–H and O–H groups in total. The zero-order chi connectivity index (χ0) is 11.4. The van der Waals surface area contributed by atoms with Crippen molar-refractivity contribution in [2.75, 3.05) is 17.7 Å². The number of nitrogens with one attached hydrogen (secondary N) is 1. The van der Waals surface area contributed by atoms with Crippen LogP contribution in [0.5, 0.6) is 0 Å². The van der Waals surface area contributed by atoms with E-state index < -0.39 is 0 Å². The van der Waals surface area contributed by atoms with Crippen LogP contribution in [-0.4, -0.2) is 27.5 Å². The third-order valence-electron chi connectivity index (χ3n) is 2.53. The van der Waals surface area contributed by atoms with E-state index in [0.29, 0.717) is 5.69 Å². The van der Waals surface area contributed by atoms with E-state index in [1.807, 2.05) is 25.5 Å². The Labute approximate surface area is 90.3 Å². The molecule has 0 radical (unpaired) electrons. The van der Waals surface area contributed by atoms with Crippen LogP contribution in [0.15, 0.2) is 0 Å². The van der Waals surface area contributed by atoms with Crippen LogP contribution in [0.4, 0.5) is 11.5 Å². The molecule has 5 heteroatoms. The van der Waals surface area contributed by atoms with Crippen molar-refractivity contribution in [1.82, 2.24) is 9.78 Å². The second-order valence-electron chi connectivity index (χ2n) is 3.60. The number of aromatic nitrogens is 2. The fraction of sp³-hybridized carbons (Fsp3) is 0.700. The van der Waals surface area contributed by atoms with Gasteiger partial charge in [-0.25, -0.2) is 4.68 Å². The maximum absolute atomic E-state index is 9.12. The molecule has 1 rings (SSSR count). The van der Waals surface area contributed by atoms with Gasteiger partial charge in [0.15, 0.2) is 0 Å². The highest BCUT2D eigenvalue weighted by Crippen LogP contribution is 2.23. The summed E-state index contributed by atoms with van der Waals surface area (Å²) in [6.07, 6.45) is 0.851. The number of hydrogen-bond donors (Lipinski definition) is 3. The van der Waals surface area contributed by atoms with E-state index in [2.05, 4.69) is 10.4 Å². The lowest BCUT2D eigenvalue weighted by Gasteiger charge is -2.16. The number of aliphatic hydroxyl groups is 1. The monoisotopic (exact) mass is 212 g/mol. The number of nitrogens with two attached hydrogens (primary N) is 1. The summed E-state index contributed by atoms with van der Waals surface area (Å²) in [6, 6.07) is 0.0358. The number of hydrogen-bond acceptors (Lipinski definition) is 4. The normalized spacial score (nSPS) is 12.8. The molecule has 1 unspecified atom stereocenters. The first-order chi connectivity index (χ1) is 7.13. The van der Waals surface area contributed by atoms with Crippen LogP contribution in [0.25, 0.3) is 0 Å². The number of aryl methyl sites for hydroxylation is 2. The Hall–Kier alpha value is -1.23. The Bertz CT molecular complexity index is 317. The maximum atomic E-state index is 9.12. The quantitative estimate of drug-likeness (QED) is 0.680. The van der Waals surface area contributed by atoms with E-state index >= 15 is 0 Å². The van der Waals surface area contributed by atoms with Crippen LogP contribution < -0.4 is 11.1 Å². The third kappa shape index (κ3) is 2.41. The molecule has 0 saturated heterocycles. The summed E-state index contributed by atoms with van der Waals surface area (Å²) in [6.45, 7) is 6.78. The average Bonchev–Trinajstić information content (AvgIpc) is 2.52. The van der Waals surface area contributed by atoms with Crippen molar-refractivity contribution in [2.24, 2.45) is 0 Å². The first-order valence-electron chi connectivity index (χ1n) is 5.34. The molecule has 0 aliphatic carbocycles. The summed E-state index contributed by atoms with van der Waals surface area (Å²) in [4.78, 5) is 0. The van der Waals surface area contributed by atoms with Gasteiger partial charge in [0.2, 0.25) is 0 Å². The predicted molar refractivity (Wildman–Crippen MR) is 61.8 cm³/mol. The van der Waals surface area contributed by atoms with E-state index in [0.717, 1.165) is 24.5 Å². The largest absolute Gasteiger partial charge is 0.394 e. The average molecular weight is 212 g/mol. The summed E-state index contributed by atoms with van der Waals surface area (Å²) < 4.78 is 1.82. The highest BCUT2D eigenvalue weighted by Gasteiger charge is 2.14. The Morgan fingerprint density at radius 3 is 2.67 bits per heavy atom. The molecule has 1 atom stereocenters. The molecule has 1 aromatic heterocycles. The number of rotatable bonds is 5. The Kier molecular flexibility index (Phi) is 3.96. The molecule has 0 aliphatic rings. The lowest BCUT2D eigenvalue weighted by atomic mass is 10.2. The van der Waals surface area contributed by atoms with Gasteiger partial charge in [-0.15, -0.1) is 0 Å². The molecular formula is C10H20N4O. The summed E-state index contributed by atoms with van der Waals surface area (Å²) in [5.41, 5.74) is 7.41.